The van der Waals surface area contributed by atoms with Gasteiger partial charge in [0.1, 0.15) is 6.67 Å². The van der Waals surface area contributed by atoms with Crippen molar-refractivity contribution in [2.24, 2.45) is 10.8 Å². The molecular weight excluding hydrogens is 192 g/mol. The number of aromatic nitrogens is 2. The largest absolute Gasteiger partial charge is 0.476 e. The van der Waals surface area contributed by atoms with Gasteiger partial charge in [-0.1, -0.05) is 0 Å². The van der Waals surface area contributed by atoms with Crippen LogP contribution in [0.15, 0.2) is 9.62 Å². The van der Waals surface area contributed by atoms with E-state index in [1.54, 1.807) is 0 Å². The van der Waals surface area contributed by atoms with E-state index in [1.165, 1.54) is 6.34 Å². The summed E-state index contributed by atoms with van der Waals surface area (Å²) in [5.74, 6) is 3.69. The normalized spacial score (nSPS) is 10.4. The van der Waals surface area contributed by atoms with E-state index >= 15 is 0 Å². The molecule has 1 rings (SSSR count). The predicted molar refractivity (Wildman–Crippen MR) is 45.6 cm³/mol. The first-order chi connectivity index (χ1) is 6.75. The molecule has 14 heavy (non-hydrogen) atoms. The van der Waals surface area contributed by atoms with Crippen molar-refractivity contribution in [3.8, 4) is 0 Å². The molecule has 0 unspecified atom stereocenters. The van der Waals surface area contributed by atoms with Crippen LogP contribution in [0.5, 0.6) is 0 Å². The number of nitrogens with two attached hydrogens (primary N) is 1. The van der Waals surface area contributed by atoms with E-state index in [0.29, 0.717) is 0 Å². The highest BCUT2D eigenvalue weighted by Gasteiger charge is 2.15. The Bertz CT molecular complexity index is 334. The van der Waals surface area contributed by atoms with Crippen LogP contribution in [0.1, 0.15) is 10.5 Å². The number of hydrogen-bond donors (Lipinski definition) is 4. The van der Waals surface area contributed by atoms with Gasteiger partial charge in [-0.25, -0.2) is 15.3 Å². The third kappa shape index (κ3) is 2.42. The summed E-state index contributed by atoms with van der Waals surface area (Å²) in [6.45, 7) is 0.110. The van der Waals surface area contributed by atoms with Gasteiger partial charge in [0, 0.05) is 0 Å². The molecule has 0 fully saturated rings. The van der Waals surface area contributed by atoms with Crippen LogP contribution in [0, 0.1) is 0 Å². The Morgan fingerprint density at radius 1 is 1.71 bits per heavy atom. The number of hydrazine groups is 1. The van der Waals surface area contributed by atoms with Crippen molar-refractivity contribution in [3.63, 3.8) is 0 Å². The highest BCUT2D eigenvalue weighted by Crippen LogP contribution is 2.07. The smallest absolute Gasteiger partial charge is 0.362 e. The molecule has 0 bridgehead atoms. The van der Waals surface area contributed by atoms with Crippen molar-refractivity contribution in [1.82, 2.24) is 15.7 Å². The zero-order valence-corrected chi connectivity index (χ0v) is 6.97. The van der Waals surface area contributed by atoms with Gasteiger partial charge in [-0.3, -0.25) is 4.99 Å². The molecule has 0 aliphatic carbocycles. The van der Waals surface area contributed by atoms with Crippen molar-refractivity contribution in [3.05, 3.63) is 5.69 Å². The molecule has 5 N–H and O–H groups in total. The van der Waals surface area contributed by atoms with Crippen LogP contribution in [0.2, 0.25) is 0 Å². The lowest BCUT2D eigenvalue weighted by atomic mass is 10.4. The Morgan fingerprint density at radius 2 is 2.50 bits per heavy atom. The number of nitrogens with zero attached hydrogens (tertiary/aromatic N) is 3. The third-order valence-electron chi connectivity index (χ3n) is 1.19. The van der Waals surface area contributed by atoms with E-state index in [1.807, 2.05) is 0 Å². The zero-order chi connectivity index (χ0) is 10.4. The lowest BCUT2D eigenvalue weighted by Crippen LogP contribution is -2.19. The average molecular weight is 200 g/mol. The van der Waals surface area contributed by atoms with Gasteiger partial charge in [0.25, 0.3) is 0 Å². The summed E-state index contributed by atoms with van der Waals surface area (Å²) in [7, 11) is 0. The van der Waals surface area contributed by atoms with Crippen LogP contribution < -0.4 is 16.6 Å². The van der Waals surface area contributed by atoms with E-state index < -0.39 is 5.97 Å². The lowest BCUT2D eigenvalue weighted by molar-refractivity contribution is 0.0685. The highest BCUT2D eigenvalue weighted by atomic mass is 16.6. The van der Waals surface area contributed by atoms with Crippen molar-refractivity contribution in [1.29, 1.82) is 0 Å². The number of carboxylic acid groups (broad SMARTS) is 1. The number of nitrogens with one attached hydrogen (secondary N) is 2. The van der Waals surface area contributed by atoms with Gasteiger partial charge in [0.15, 0.2) is 0 Å². The molecule has 0 saturated heterocycles. The second kappa shape index (κ2) is 4.77. The molecule has 1 heterocycles. The van der Waals surface area contributed by atoms with Gasteiger partial charge < -0.3 is 15.8 Å². The summed E-state index contributed by atoms with van der Waals surface area (Å²) in [4.78, 5) is 14.2. The second-order valence-electron chi connectivity index (χ2n) is 2.08. The Kier molecular flexibility index (Phi) is 3.38. The monoisotopic (exact) mass is 200 g/mol. The van der Waals surface area contributed by atoms with Crippen LogP contribution in [-0.2, 0) is 0 Å². The quantitative estimate of drug-likeness (QED) is 0.197. The Labute approximate surface area is 77.9 Å². The predicted octanol–water partition coefficient (Wildman–Crippen LogP) is -1.37. The van der Waals surface area contributed by atoms with E-state index in [4.69, 9.17) is 10.9 Å². The van der Waals surface area contributed by atoms with Gasteiger partial charge in [-0.2, -0.15) is 0 Å². The zero-order valence-electron chi connectivity index (χ0n) is 6.97. The summed E-state index contributed by atoms with van der Waals surface area (Å²) in [6, 6.07) is 0. The van der Waals surface area contributed by atoms with Crippen LogP contribution in [-0.4, -0.2) is 34.4 Å². The molecule has 1 aromatic rings. The summed E-state index contributed by atoms with van der Waals surface area (Å²) < 4.78 is 4.23. The second-order valence-corrected chi connectivity index (χ2v) is 2.08. The van der Waals surface area contributed by atoms with Gasteiger partial charge in [-0.15, -0.1) is 0 Å². The SMILES string of the molecule is NNC=NCNc1nonc1C(=O)O. The number of carboxylic acids is 1. The fourth-order valence-corrected chi connectivity index (χ4v) is 0.664. The maximum atomic E-state index is 10.5. The molecule has 0 spiro atoms. The lowest BCUT2D eigenvalue weighted by Gasteiger charge is -1.96. The standard InChI is InChI=1S/C5H8N6O3/c6-9-2-7-1-8-4-3(5(12)13)10-14-11-4/h2H,1,6H2,(H,7,9)(H,8,11)(H,12,13). The Balaban J connectivity index is 2.54. The van der Waals surface area contributed by atoms with Gasteiger partial charge in [0.05, 0.1) is 6.34 Å². The maximum absolute atomic E-state index is 10.5. The minimum absolute atomic E-state index is 0.0201. The molecule has 0 amide bonds. The molecule has 76 valence electrons. The number of carbonyl (C=O) groups is 1. The Hall–Kier alpha value is -2.16. The minimum atomic E-state index is -1.23. The number of rotatable bonds is 5. The first-order valence-corrected chi connectivity index (χ1v) is 3.50. The van der Waals surface area contributed by atoms with E-state index in [9.17, 15) is 4.79 Å². The van der Waals surface area contributed by atoms with Gasteiger partial charge in [-0.05, 0) is 10.3 Å². The van der Waals surface area contributed by atoms with Crippen molar-refractivity contribution in [2.75, 3.05) is 12.0 Å². The number of hydrogen-bond acceptors (Lipinski definition) is 7. The molecule has 0 aromatic carbocycles. The van der Waals surface area contributed by atoms with Gasteiger partial charge >= 0.3 is 5.97 Å². The molecule has 9 heteroatoms. The first-order valence-electron chi connectivity index (χ1n) is 3.50. The summed E-state index contributed by atoms with van der Waals surface area (Å²) in [6.07, 6.45) is 1.24. The maximum Gasteiger partial charge on any atom is 0.362 e. The number of aliphatic imine (C=N–C) groups is 1. The molecule has 9 nitrogen and oxygen atoms in total. The topological polar surface area (TPSA) is 139 Å². The van der Waals surface area contributed by atoms with E-state index in [0.717, 1.165) is 0 Å². The van der Waals surface area contributed by atoms with Crippen LogP contribution >= 0.6 is 0 Å². The summed E-state index contributed by atoms with van der Waals surface area (Å²) in [5, 5.41) is 17.7. The van der Waals surface area contributed by atoms with Gasteiger partial charge in [0.2, 0.25) is 11.5 Å². The van der Waals surface area contributed by atoms with Crippen LogP contribution in [0.25, 0.3) is 0 Å². The van der Waals surface area contributed by atoms with Crippen molar-refractivity contribution >= 4 is 18.1 Å². The summed E-state index contributed by atoms with van der Waals surface area (Å²) in [5.41, 5.74) is 1.89. The average Bonchev–Trinajstić information content (AvgIpc) is 2.60. The van der Waals surface area contributed by atoms with Crippen LogP contribution in [0.4, 0.5) is 5.82 Å². The summed E-state index contributed by atoms with van der Waals surface area (Å²) >= 11 is 0. The molecule has 1 aromatic heterocycles. The molecular formula is C5H8N6O3. The van der Waals surface area contributed by atoms with Crippen molar-refractivity contribution in [2.45, 2.75) is 0 Å². The molecule has 0 radical (unpaired) electrons. The molecule has 0 saturated carbocycles. The number of anilines is 1. The molecule has 0 aliphatic heterocycles. The molecule has 0 atom stereocenters. The highest BCUT2D eigenvalue weighted by molar-refractivity contribution is 5.90. The molecule has 0 aliphatic rings. The van der Waals surface area contributed by atoms with E-state index in [-0.39, 0.29) is 18.2 Å². The fraction of sp³-hybridized carbons (Fsp3) is 0.200. The van der Waals surface area contributed by atoms with E-state index in [2.05, 4.69) is 30.7 Å². The first kappa shape index (κ1) is 9.92. The van der Waals surface area contributed by atoms with Crippen molar-refractivity contribution < 1.29 is 14.5 Å². The third-order valence-corrected chi connectivity index (χ3v) is 1.19. The van der Waals surface area contributed by atoms with Crippen LogP contribution in [0.3, 0.4) is 0 Å². The fourth-order valence-electron chi connectivity index (χ4n) is 0.664. The minimum Gasteiger partial charge on any atom is -0.476 e. The number of aromatic carboxylic acids is 1. The Morgan fingerprint density at radius 3 is 3.14 bits per heavy atom.